The summed E-state index contributed by atoms with van der Waals surface area (Å²) in [5.41, 5.74) is 0. The maximum atomic E-state index is 0. The van der Waals surface area contributed by atoms with Crippen molar-refractivity contribution < 1.29 is 123 Å². The van der Waals surface area contributed by atoms with Crippen LogP contribution in [0, 0.1) is 0 Å². The van der Waals surface area contributed by atoms with E-state index in [1.165, 1.54) is 0 Å². The van der Waals surface area contributed by atoms with Gasteiger partial charge in [0.2, 0.25) is 0 Å². The third-order valence-corrected chi connectivity index (χ3v) is 0. The Labute approximate surface area is 168 Å². The molecule has 0 aromatic rings. The molecule has 0 atom stereocenters. The average molecular weight is 330 g/mol. The van der Waals surface area contributed by atoms with E-state index in [1.807, 2.05) is 0 Å². The van der Waals surface area contributed by atoms with Crippen LogP contribution in [-0.4, -0.2) is 0 Å². The van der Waals surface area contributed by atoms with E-state index in [0.717, 1.165) is 0 Å². The summed E-state index contributed by atoms with van der Waals surface area (Å²) >= 11 is 0. The molecule has 7 heavy (non-hydrogen) atoms. The van der Waals surface area contributed by atoms with Crippen molar-refractivity contribution in [3.8, 4) is 0 Å². The van der Waals surface area contributed by atoms with Crippen molar-refractivity contribution in [1.29, 1.82) is 0 Å². The van der Waals surface area contributed by atoms with Crippen LogP contribution in [0.5, 0.6) is 0 Å². The van der Waals surface area contributed by atoms with Crippen molar-refractivity contribution in [2.75, 3.05) is 0 Å². The van der Waals surface area contributed by atoms with Gasteiger partial charge in [0.25, 0.3) is 0 Å². The van der Waals surface area contributed by atoms with Gasteiger partial charge in [-0.05, 0) is 0 Å². The molecule has 0 bridgehead atoms. The molecule has 0 saturated carbocycles. The second-order valence-electron chi connectivity index (χ2n) is 0. The molecule has 0 heterocycles. The van der Waals surface area contributed by atoms with Gasteiger partial charge in [-0.1, -0.05) is 0 Å². The Hall–Kier alpha value is 5.10. The number of rotatable bonds is 0. The maximum Gasteiger partial charge on any atom is 1.00 e. The van der Waals surface area contributed by atoms with Crippen molar-refractivity contribution in [1.82, 2.24) is 0 Å². The second-order valence-corrected chi connectivity index (χ2v) is 0. The Bertz CT molecular complexity index is 9.65. The quantitative estimate of drug-likeness (QED) is 0.394. The molecule has 42 valence electrons. The molecule has 0 aliphatic carbocycles. The molecule has 0 rings (SSSR count). The molecule has 0 aliphatic heterocycles. The molecule has 0 fully saturated rings. The number of halogens is 4. The predicted molar refractivity (Wildman–Crippen MR) is 29.0 cm³/mol. The fraction of sp³-hybridized carbons (Fsp3) is 0. The van der Waals surface area contributed by atoms with Crippen LogP contribution in [0.2, 0.25) is 0 Å². The molecular weight excluding hydrogens is 326 g/mol. The SMILES string of the molecule is Cl.Cl.Cl.Cl.[K+].[K+].[Pd]. The van der Waals surface area contributed by atoms with Crippen LogP contribution in [-0.2, 0) is 20.4 Å². The topological polar surface area (TPSA) is 0 Å². The van der Waals surface area contributed by atoms with Gasteiger partial charge in [-0.2, -0.15) is 0 Å². The Morgan fingerprint density at radius 3 is 0.429 bits per heavy atom. The molecule has 0 unspecified atom stereocenters. The molecule has 0 N–H and O–H groups in total. The maximum absolute atomic E-state index is 0. The standard InChI is InChI=1S/4ClH.2K.Pd/h4*1H;;;/q;;;;2*+1;. The first-order chi connectivity index (χ1) is 0. The molecule has 0 nitrogen and oxygen atoms in total. The van der Waals surface area contributed by atoms with Gasteiger partial charge < -0.3 is 0 Å². The van der Waals surface area contributed by atoms with Crippen LogP contribution in [0.15, 0.2) is 0 Å². The number of hydrogen-bond acceptors (Lipinski definition) is 0. The average Bonchev–Trinajstić information content (AvgIpc) is 0. The van der Waals surface area contributed by atoms with Crippen LogP contribution >= 0.6 is 49.6 Å². The molecule has 0 aliphatic rings. The van der Waals surface area contributed by atoms with Crippen LogP contribution < -0.4 is 103 Å². The zero-order valence-corrected chi connectivity index (χ0v) is 15.0. The summed E-state index contributed by atoms with van der Waals surface area (Å²) in [6.45, 7) is 0. The minimum Gasteiger partial charge on any atom is -0.147 e. The van der Waals surface area contributed by atoms with E-state index >= 15 is 0 Å². The summed E-state index contributed by atoms with van der Waals surface area (Å²) in [5, 5.41) is 0. The molecule has 0 aromatic heterocycles. The predicted octanol–water partition coefficient (Wildman–Crippen LogP) is -4.31. The fourth-order valence-electron chi connectivity index (χ4n) is 0. The summed E-state index contributed by atoms with van der Waals surface area (Å²) in [4.78, 5) is 0. The summed E-state index contributed by atoms with van der Waals surface area (Å²) in [6, 6.07) is 0. The van der Waals surface area contributed by atoms with Gasteiger partial charge in [-0.15, -0.1) is 49.6 Å². The molecule has 0 spiro atoms. The summed E-state index contributed by atoms with van der Waals surface area (Å²) in [6.07, 6.45) is 0. The van der Waals surface area contributed by atoms with Crippen LogP contribution in [0.4, 0.5) is 0 Å². The normalized spacial score (nSPS) is 0. The Kier molecular flexibility index (Phi) is 357. The fourth-order valence-corrected chi connectivity index (χ4v) is 0. The number of hydrogen-bond donors (Lipinski definition) is 0. The smallest absolute Gasteiger partial charge is 0.147 e. The Morgan fingerprint density at radius 1 is 0.429 bits per heavy atom. The summed E-state index contributed by atoms with van der Waals surface area (Å²) in [5.74, 6) is 0. The van der Waals surface area contributed by atoms with E-state index < -0.39 is 0 Å². The first-order valence-electron chi connectivity index (χ1n) is 0. The van der Waals surface area contributed by atoms with Crippen LogP contribution in [0.25, 0.3) is 0 Å². The minimum absolute atomic E-state index is 0. The van der Waals surface area contributed by atoms with Crippen molar-refractivity contribution >= 4 is 49.6 Å². The molecule has 0 amide bonds. The van der Waals surface area contributed by atoms with Crippen molar-refractivity contribution in [3.63, 3.8) is 0 Å². The molecule has 0 radical (unpaired) electrons. The van der Waals surface area contributed by atoms with Gasteiger partial charge in [0.1, 0.15) is 0 Å². The molecular formula is H4Cl4K2Pd+2. The van der Waals surface area contributed by atoms with Gasteiger partial charge in [0.15, 0.2) is 0 Å². The van der Waals surface area contributed by atoms with E-state index in [1.54, 1.807) is 0 Å². The third kappa shape index (κ3) is 35.4. The first kappa shape index (κ1) is 57.4. The van der Waals surface area contributed by atoms with E-state index in [9.17, 15) is 0 Å². The monoisotopic (exact) mass is 328 g/mol. The van der Waals surface area contributed by atoms with E-state index in [-0.39, 0.29) is 173 Å². The van der Waals surface area contributed by atoms with Crippen molar-refractivity contribution in [2.45, 2.75) is 0 Å². The van der Waals surface area contributed by atoms with E-state index in [2.05, 4.69) is 0 Å². The summed E-state index contributed by atoms with van der Waals surface area (Å²) in [7, 11) is 0. The van der Waals surface area contributed by atoms with Crippen LogP contribution in [0.1, 0.15) is 0 Å². The van der Waals surface area contributed by atoms with Gasteiger partial charge in [0.05, 0.1) is 0 Å². The Balaban J connectivity index is 0. The molecule has 7 heteroatoms. The van der Waals surface area contributed by atoms with Gasteiger partial charge >= 0.3 is 103 Å². The van der Waals surface area contributed by atoms with E-state index in [4.69, 9.17) is 0 Å². The molecule has 0 saturated heterocycles. The van der Waals surface area contributed by atoms with Crippen LogP contribution in [0.3, 0.4) is 0 Å². The zero-order chi connectivity index (χ0) is 0. The molecule has 0 aromatic carbocycles. The van der Waals surface area contributed by atoms with Gasteiger partial charge in [0, 0.05) is 20.4 Å². The first-order valence-corrected chi connectivity index (χ1v) is 0. The zero-order valence-electron chi connectivity index (χ0n) is 3.95. The van der Waals surface area contributed by atoms with Gasteiger partial charge in [-0.3, -0.25) is 0 Å². The van der Waals surface area contributed by atoms with Crippen molar-refractivity contribution in [2.24, 2.45) is 0 Å². The second kappa shape index (κ2) is 43.6. The third-order valence-electron chi connectivity index (χ3n) is 0. The Morgan fingerprint density at radius 2 is 0.429 bits per heavy atom. The van der Waals surface area contributed by atoms with Gasteiger partial charge in [-0.25, -0.2) is 0 Å². The largest absolute Gasteiger partial charge is 1.00 e. The minimum atomic E-state index is 0. The van der Waals surface area contributed by atoms with Crippen molar-refractivity contribution in [3.05, 3.63) is 0 Å². The summed E-state index contributed by atoms with van der Waals surface area (Å²) < 4.78 is 0. The van der Waals surface area contributed by atoms with E-state index in [0.29, 0.717) is 0 Å².